The van der Waals surface area contributed by atoms with Crippen molar-refractivity contribution in [2.24, 2.45) is 0 Å². The minimum Gasteiger partial charge on any atom is -0.310 e. The first-order valence-corrected chi connectivity index (χ1v) is 31.1. The maximum absolute atomic E-state index is 12.5. The van der Waals surface area contributed by atoms with Gasteiger partial charge in [-0.2, -0.15) is 5.26 Å². The quantitative estimate of drug-likeness (QED) is 0.137. The second-order valence-corrected chi connectivity index (χ2v) is 24.7. The molecule has 0 N–H and O–H groups in total. The van der Waals surface area contributed by atoms with Gasteiger partial charge >= 0.3 is 0 Å². The van der Waals surface area contributed by atoms with E-state index in [0.29, 0.717) is 5.56 Å². The van der Waals surface area contributed by atoms with Crippen molar-refractivity contribution in [3.05, 3.63) is 337 Å². The van der Waals surface area contributed by atoms with E-state index in [0.717, 1.165) is 123 Å². The SMILES string of the molecule is CC1(C)c2ccccc2N(c2ccc(-c3c(C#N)c(-c4ccc(N5c6ccccc6C(C)(C)c6ccccc65)cc4)c(-c4ccccc4)c(-n4c5ccccc5c5cc(N(c6ccccc6)c6ccccc6)ccc54)c3-c3ccccc3)cc2)c2ccccc21. The van der Waals surface area contributed by atoms with Crippen molar-refractivity contribution in [1.29, 1.82) is 5.26 Å². The first-order valence-electron chi connectivity index (χ1n) is 31.1. The summed E-state index contributed by atoms with van der Waals surface area (Å²) in [5.74, 6) is 0. The van der Waals surface area contributed by atoms with Crippen molar-refractivity contribution in [2.75, 3.05) is 14.7 Å². The standard InChI is InChI=1S/C85H63N5/c1-84(2)69-36-18-23-41-75(69)88(76-42-24-19-37-70(76)84)63-49-45-59(46-50-63)79-68(56-86)80(60-47-51-64(52-48-60)89-77-43-25-20-38-71(77)85(3,4)72-39-21-26-44-78(72)89)82(58-29-11-6-12-30-58)83(81(79)57-27-9-5-10-28-57)90-73-40-22-17-35-66(73)67-55-65(53-54-74(67)90)87(61-31-13-7-14-32-61)62-33-15-8-16-34-62/h5-55H,1-4H3. The van der Waals surface area contributed by atoms with Crippen LogP contribution in [-0.2, 0) is 10.8 Å². The zero-order valence-electron chi connectivity index (χ0n) is 50.7. The van der Waals surface area contributed by atoms with Crippen LogP contribution in [0.5, 0.6) is 0 Å². The second kappa shape index (κ2) is 21.5. The number of nitriles is 1. The fraction of sp³-hybridized carbons (Fsp3) is 0.0706. The Morgan fingerprint density at radius 1 is 0.311 bits per heavy atom. The van der Waals surface area contributed by atoms with Gasteiger partial charge in [-0.05, 0) is 142 Å². The molecule has 0 spiro atoms. The normalized spacial score (nSPS) is 13.5. The largest absolute Gasteiger partial charge is 0.310 e. The zero-order chi connectivity index (χ0) is 60.7. The van der Waals surface area contributed by atoms with E-state index in [1.165, 1.54) is 22.3 Å². The molecule has 90 heavy (non-hydrogen) atoms. The fourth-order valence-electron chi connectivity index (χ4n) is 14.8. The predicted octanol–water partition coefficient (Wildman–Crippen LogP) is 23.0. The average molecular weight is 1150 g/mol. The van der Waals surface area contributed by atoms with E-state index in [4.69, 9.17) is 0 Å². The first-order chi connectivity index (χ1) is 44.2. The molecule has 0 aliphatic carbocycles. The summed E-state index contributed by atoms with van der Waals surface area (Å²) in [6.07, 6.45) is 0. The third kappa shape index (κ3) is 8.51. The van der Waals surface area contributed by atoms with Gasteiger partial charge in [0.05, 0.1) is 45.0 Å². The van der Waals surface area contributed by atoms with Gasteiger partial charge < -0.3 is 19.3 Å². The van der Waals surface area contributed by atoms with Gasteiger partial charge in [-0.15, -0.1) is 0 Å². The Morgan fingerprint density at radius 3 is 1.07 bits per heavy atom. The highest BCUT2D eigenvalue weighted by molar-refractivity contribution is 6.15. The number of fused-ring (bicyclic) bond motifs is 7. The van der Waals surface area contributed by atoms with Crippen LogP contribution < -0.4 is 14.7 Å². The van der Waals surface area contributed by atoms with Gasteiger partial charge in [-0.1, -0.05) is 240 Å². The van der Waals surface area contributed by atoms with Crippen LogP contribution in [0.2, 0.25) is 0 Å². The first kappa shape index (κ1) is 54.0. The lowest BCUT2D eigenvalue weighted by atomic mass is 9.73. The lowest BCUT2D eigenvalue weighted by molar-refractivity contribution is 0.632. The summed E-state index contributed by atoms with van der Waals surface area (Å²) < 4.78 is 2.50. The van der Waals surface area contributed by atoms with Crippen LogP contribution in [0.1, 0.15) is 55.5 Å². The number of benzene rings is 13. The Bertz CT molecular complexity index is 4760. The molecule has 0 fully saturated rings. The number of hydrogen-bond acceptors (Lipinski definition) is 4. The summed E-state index contributed by atoms with van der Waals surface area (Å²) in [5.41, 5.74) is 25.7. The van der Waals surface area contributed by atoms with Gasteiger partial charge in [0.2, 0.25) is 0 Å². The molecule has 16 rings (SSSR count). The van der Waals surface area contributed by atoms with Crippen LogP contribution in [0, 0.1) is 11.3 Å². The van der Waals surface area contributed by atoms with Crippen LogP contribution in [0.25, 0.3) is 72.0 Å². The Balaban J connectivity index is 1.00. The molecule has 0 unspecified atom stereocenters. The molecule has 3 heterocycles. The lowest BCUT2D eigenvalue weighted by Gasteiger charge is -2.42. The zero-order valence-corrected chi connectivity index (χ0v) is 50.7. The van der Waals surface area contributed by atoms with E-state index in [1.807, 2.05) is 0 Å². The lowest BCUT2D eigenvalue weighted by Crippen LogP contribution is -2.30. The van der Waals surface area contributed by atoms with Crippen LogP contribution in [0.15, 0.2) is 309 Å². The smallest absolute Gasteiger partial charge is 0.100 e. The van der Waals surface area contributed by atoms with Crippen LogP contribution in [-0.4, -0.2) is 4.57 Å². The third-order valence-corrected chi connectivity index (χ3v) is 19.0. The van der Waals surface area contributed by atoms with Crippen molar-refractivity contribution in [3.63, 3.8) is 0 Å². The Hall–Kier alpha value is -11.5. The summed E-state index contributed by atoms with van der Waals surface area (Å²) in [6, 6.07) is 115. The molecule has 0 saturated carbocycles. The second-order valence-electron chi connectivity index (χ2n) is 24.7. The molecule has 428 valence electrons. The molecular weight excluding hydrogens is 1090 g/mol. The number of aromatic nitrogens is 1. The van der Waals surface area contributed by atoms with Gasteiger partial charge in [-0.3, -0.25) is 0 Å². The molecule has 0 bridgehead atoms. The molecule has 0 saturated heterocycles. The van der Waals surface area contributed by atoms with Gasteiger partial charge in [0.1, 0.15) is 6.07 Å². The van der Waals surface area contributed by atoms with Crippen LogP contribution in [0.4, 0.5) is 51.2 Å². The maximum Gasteiger partial charge on any atom is 0.100 e. The summed E-state index contributed by atoms with van der Waals surface area (Å²) in [7, 11) is 0. The van der Waals surface area contributed by atoms with Gasteiger partial charge in [0.15, 0.2) is 0 Å². The summed E-state index contributed by atoms with van der Waals surface area (Å²) in [6.45, 7) is 9.31. The molecule has 13 aromatic carbocycles. The topological polar surface area (TPSA) is 38.4 Å². The number of anilines is 9. The van der Waals surface area contributed by atoms with Gasteiger partial charge in [-0.25, -0.2) is 0 Å². The van der Waals surface area contributed by atoms with Crippen molar-refractivity contribution in [2.45, 2.75) is 38.5 Å². The molecule has 0 atom stereocenters. The summed E-state index contributed by atoms with van der Waals surface area (Å²) in [5, 5.41) is 14.7. The molecule has 0 radical (unpaired) electrons. The minimum atomic E-state index is -0.210. The van der Waals surface area contributed by atoms with E-state index in [1.54, 1.807) is 0 Å². The number of hydrogen-bond donors (Lipinski definition) is 0. The molecule has 0 amide bonds. The Kier molecular flexibility index (Phi) is 12.9. The highest BCUT2D eigenvalue weighted by Gasteiger charge is 2.39. The van der Waals surface area contributed by atoms with E-state index in [2.05, 4.69) is 362 Å². The van der Waals surface area contributed by atoms with E-state index in [9.17, 15) is 5.26 Å². The molecule has 14 aromatic rings. The van der Waals surface area contributed by atoms with E-state index in [-0.39, 0.29) is 10.8 Å². The number of rotatable bonds is 10. The molecule has 5 nitrogen and oxygen atoms in total. The van der Waals surface area contributed by atoms with Crippen molar-refractivity contribution in [1.82, 2.24) is 4.57 Å². The maximum atomic E-state index is 12.5. The minimum absolute atomic E-state index is 0.210. The van der Waals surface area contributed by atoms with Crippen LogP contribution >= 0.6 is 0 Å². The van der Waals surface area contributed by atoms with Crippen molar-refractivity contribution in [3.8, 4) is 56.3 Å². The van der Waals surface area contributed by atoms with Gasteiger partial charge in [0, 0.05) is 72.3 Å². The van der Waals surface area contributed by atoms with E-state index < -0.39 is 0 Å². The fourth-order valence-corrected chi connectivity index (χ4v) is 14.8. The van der Waals surface area contributed by atoms with E-state index >= 15 is 0 Å². The van der Waals surface area contributed by atoms with Gasteiger partial charge in [0.25, 0.3) is 0 Å². The molecule has 1 aromatic heterocycles. The van der Waals surface area contributed by atoms with Crippen LogP contribution in [0.3, 0.4) is 0 Å². The van der Waals surface area contributed by atoms with Crippen molar-refractivity contribution >= 4 is 73.0 Å². The van der Waals surface area contributed by atoms with Crippen molar-refractivity contribution < 1.29 is 0 Å². The average Bonchev–Trinajstić information content (AvgIpc) is 1.30. The highest BCUT2D eigenvalue weighted by Crippen LogP contribution is 2.57. The summed E-state index contributed by atoms with van der Waals surface area (Å²) >= 11 is 0. The molecule has 5 heteroatoms. The monoisotopic (exact) mass is 1150 g/mol. The molecule has 2 aliphatic rings. The third-order valence-electron chi connectivity index (χ3n) is 19.0. The molecule has 2 aliphatic heterocycles. The Morgan fingerprint density at radius 2 is 0.656 bits per heavy atom. The molecular formula is C85H63N5. The highest BCUT2D eigenvalue weighted by atomic mass is 15.2. The number of para-hydroxylation sites is 7. The predicted molar refractivity (Wildman–Crippen MR) is 376 cm³/mol. The number of nitrogens with zero attached hydrogens (tertiary/aromatic N) is 5. The summed E-state index contributed by atoms with van der Waals surface area (Å²) in [4.78, 5) is 7.15. The Labute approximate surface area is 526 Å².